The zero-order valence-electron chi connectivity index (χ0n) is 17.0. The number of nitrogens with zero attached hydrogens (tertiary/aromatic N) is 2. The summed E-state index contributed by atoms with van der Waals surface area (Å²) in [6.07, 6.45) is 1.38. The molecule has 0 aliphatic heterocycles. The van der Waals surface area contributed by atoms with E-state index in [1.807, 2.05) is 45.0 Å². The topological polar surface area (TPSA) is 84.3 Å². The lowest BCUT2D eigenvalue weighted by atomic mass is 9.92. The number of ether oxygens (including phenoxy) is 1. The molecule has 1 heterocycles. The van der Waals surface area contributed by atoms with Gasteiger partial charge in [0.15, 0.2) is 0 Å². The number of nitrogens with one attached hydrogen (secondary N) is 1. The van der Waals surface area contributed by atoms with Crippen molar-refractivity contribution in [1.29, 1.82) is 0 Å². The molecular weight excluding hydrogens is 378 g/mol. The third-order valence-electron chi connectivity index (χ3n) is 4.25. The molecule has 1 atom stereocenters. The van der Waals surface area contributed by atoms with E-state index < -0.39 is 11.6 Å². The molecule has 0 fully saturated rings. The van der Waals surface area contributed by atoms with Gasteiger partial charge in [-0.15, -0.1) is 0 Å². The quantitative estimate of drug-likeness (QED) is 0.616. The van der Waals surface area contributed by atoms with Gasteiger partial charge in [-0.05, 0) is 50.5 Å². The monoisotopic (exact) mass is 405 g/mol. The SMILES string of the molecule is CC(C)c1nccc(-c2ccc(OC[C@@H](C)CC(C)(C)NC(=O)O)c(Cl)c2)n1. The number of amides is 1. The highest BCUT2D eigenvalue weighted by molar-refractivity contribution is 6.32. The molecule has 0 saturated carbocycles. The van der Waals surface area contributed by atoms with Crippen molar-refractivity contribution < 1.29 is 14.6 Å². The van der Waals surface area contributed by atoms with Crippen molar-refractivity contribution in [2.45, 2.75) is 52.5 Å². The molecule has 1 aromatic heterocycles. The van der Waals surface area contributed by atoms with Gasteiger partial charge in [-0.25, -0.2) is 14.8 Å². The van der Waals surface area contributed by atoms with E-state index in [1.165, 1.54) is 0 Å². The van der Waals surface area contributed by atoms with Crippen LogP contribution >= 0.6 is 11.6 Å². The van der Waals surface area contributed by atoms with E-state index in [0.29, 0.717) is 23.8 Å². The number of halogens is 1. The largest absolute Gasteiger partial charge is 0.492 e. The number of carbonyl (C=O) groups is 1. The summed E-state index contributed by atoms with van der Waals surface area (Å²) < 4.78 is 5.86. The van der Waals surface area contributed by atoms with Crippen molar-refractivity contribution in [2.24, 2.45) is 5.92 Å². The maximum absolute atomic E-state index is 10.9. The van der Waals surface area contributed by atoms with Crippen LogP contribution in [0.3, 0.4) is 0 Å². The van der Waals surface area contributed by atoms with Gasteiger partial charge in [0.05, 0.1) is 17.3 Å². The van der Waals surface area contributed by atoms with Crippen LogP contribution in [0.2, 0.25) is 5.02 Å². The van der Waals surface area contributed by atoms with Gasteiger partial charge in [0.2, 0.25) is 0 Å². The minimum atomic E-state index is -1.03. The molecule has 0 saturated heterocycles. The molecule has 0 aliphatic rings. The van der Waals surface area contributed by atoms with Crippen LogP contribution in [0.15, 0.2) is 30.5 Å². The first-order valence-electron chi connectivity index (χ1n) is 9.34. The Morgan fingerprint density at radius 3 is 2.61 bits per heavy atom. The van der Waals surface area contributed by atoms with Gasteiger partial charge in [-0.1, -0.05) is 32.4 Å². The van der Waals surface area contributed by atoms with Crippen LogP contribution < -0.4 is 10.1 Å². The van der Waals surface area contributed by atoms with Crippen LogP contribution in [-0.4, -0.2) is 33.3 Å². The van der Waals surface area contributed by atoms with Gasteiger partial charge in [0.25, 0.3) is 0 Å². The fourth-order valence-corrected chi connectivity index (χ4v) is 3.33. The number of benzene rings is 1. The minimum Gasteiger partial charge on any atom is -0.492 e. The summed E-state index contributed by atoms with van der Waals surface area (Å²) in [5.74, 6) is 1.78. The molecule has 0 bridgehead atoms. The average molecular weight is 406 g/mol. The Morgan fingerprint density at radius 1 is 1.29 bits per heavy atom. The number of aromatic nitrogens is 2. The van der Waals surface area contributed by atoms with Crippen LogP contribution in [-0.2, 0) is 0 Å². The summed E-state index contributed by atoms with van der Waals surface area (Å²) in [4.78, 5) is 19.7. The van der Waals surface area contributed by atoms with Crippen molar-refractivity contribution in [2.75, 3.05) is 6.61 Å². The smallest absolute Gasteiger partial charge is 0.405 e. The van der Waals surface area contributed by atoms with E-state index in [1.54, 1.807) is 6.20 Å². The van der Waals surface area contributed by atoms with E-state index >= 15 is 0 Å². The second-order valence-electron chi connectivity index (χ2n) is 8.03. The predicted molar refractivity (Wildman–Crippen MR) is 111 cm³/mol. The van der Waals surface area contributed by atoms with Gasteiger partial charge in [0.1, 0.15) is 11.6 Å². The molecule has 1 amide bonds. The molecular formula is C21H28ClN3O3. The molecule has 2 N–H and O–H groups in total. The third-order valence-corrected chi connectivity index (χ3v) is 4.54. The van der Waals surface area contributed by atoms with Crippen LogP contribution in [0.25, 0.3) is 11.3 Å². The van der Waals surface area contributed by atoms with Gasteiger partial charge in [-0.3, -0.25) is 0 Å². The summed E-state index contributed by atoms with van der Waals surface area (Å²) in [7, 11) is 0. The fourth-order valence-electron chi connectivity index (χ4n) is 3.09. The molecule has 6 nitrogen and oxygen atoms in total. The highest BCUT2D eigenvalue weighted by atomic mass is 35.5. The van der Waals surface area contributed by atoms with Crippen LogP contribution in [0.4, 0.5) is 4.79 Å². The minimum absolute atomic E-state index is 0.146. The van der Waals surface area contributed by atoms with E-state index in [0.717, 1.165) is 17.1 Å². The highest BCUT2D eigenvalue weighted by Gasteiger charge is 2.23. The number of hydrogen-bond acceptors (Lipinski definition) is 4. The molecule has 0 spiro atoms. The van der Waals surface area contributed by atoms with Crippen molar-refractivity contribution in [3.8, 4) is 17.0 Å². The Hall–Kier alpha value is -2.34. The van der Waals surface area contributed by atoms with E-state index in [-0.39, 0.29) is 11.8 Å². The van der Waals surface area contributed by atoms with Gasteiger partial charge in [0, 0.05) is 23.2 Å². The summed E-state index contributed by atoms with van der Waals surface area (Å²) in [5, 5.41) is 11.9. The Bertz CT molecular complexity index is 824. The third kappa shape index (κ3) is 6.37. The standard InChI is InChI=1S/C21H28ClN3O3/c1-13(2)19-23-9-8-17(24-19)15-6-7-18(16(22)10-15)28-12-14(3)11-21(4,5)25-20(26)27/h6-10,13-14,25H,11-12H2,1-5H3,(H,26,27)/t14-/m0/s1. The van der Waals surface area contributed by atoms with Crippen molar-refractivity contribution in [1.82, 2.24) is 15.3 Å². The van der Waals surface area contributed by atoms with E-state index in [4.69, 9.17) is 21.4 Å². The maximum atomic E-state index is 10.9. The van der Waals surface area contributed by atoms with Gasteiger partial charge >= 0.3 is 6.09 Å². The molecule has 2 aromatic rings. The predicted octanol–water partition coefficient (Wildman–Crippen LogP) is 5.37. The number of rotatable bonds is 8. The van der Waals surface area contributed by atoms with Gasteiger partial charge in [-0.2, -0.15) is 0 Å². The van der Waals surface area contributed by atoms with Crippen molar-refractivity contribution in [3.63, 3.8) is 0 Å². The second-order valence-corrected chi connectivity index (χ2v) is 8.44. The molecule has 7 heteroatoms. The Labute approximate surface area is 171 Å². The van der Waals surface area contributed by atoms with E-state index in [9.17, 15) is 4.79 Å². The average Bonchev–Trinajstić information content (AvgIpc) is 2.59. The maximum Gasteiger partial charge on any atom is 0.405 e. The molecule has 0 aliphatic carbocycles. The molecule has 0 unspecified atom stereocenters. The van der Waals surface area contributed by atoms with Gasteiger partial charge < -0.3 is 15.2 Å². The normalized spacial score (nSPS) is 12.7. The Kier molecular flexibility index (Phi) is 7.24. The summed E-state index contributed by atoms with van der Waals surface area (Å²) in [6, 6.07) is 7.46. The summed E-state index contributed by atoms with van der Waals surface area (Å²) >= 11 is 6.41. The molecule has 2 rings (SSSR count). The number of hydrogen-bond donors (Lipinski definition) is 2. The lowest BCUT2D eigenvalue weighted by Crippen LogP contribution is -2.44. The molecule has 28 heavy (non-hydrogen) atoms. The molecule has 1 aromatic carbocycles. The highest BCUT2D eigenvalue weighted by Crippen LogP contribution is 2.30. The number of carboxylic acid groups (broad SMARTS) is 1. The van der Waals surface area contributed by atoms with Crippen molar-refractivity contribution in [3.05, 3.63) is 41.3 Å². The van der Waals surface area contributed by atoms with Crippen LogP contribution in [0.1, 0.15) is 52.8 Å². The summed E-state index contributed by atoms with van der Waals surface area (Å²) in [5.41, 5.74) is 1.20. The molecule has 152 valence electrons. The zero-order valence-corrected chi connectivity index (χ0v) is 17.7. The first-order chi connectivity index (χ1) is 13.1. The van der Waals surface area contributed by atoms with Crippen LogP contribution in [0.5, 0.6) is 5.75 Å². The van der Waals surface area contributed by atoms with Crippen LogP contribution in [0, 0.1) is 5.92 Å². The Morgan fingerprint density at radius 2 is 2.00 bits per heavy atom. The zero-order chi connectivity index (χ0) is 20.9. The first-order valence-corrected chi connectivity index (χ1v) is 9.72. The Balaban J connectivity index is 2.03. The first kappa shape index (κ1) is 22.0. The second kappa shape index (κ2) is 9.24. The lowest BCUT2D eigenvalue weighted by Gasteiger charge is -2.28. The lowest BCUT2D eigenvalue weighted by molar-refractivity contribution is 0.169. The molecule has 0 radical (unpaired) electrons. The van der Waals surface area contributed by atoms with E-state index in [2.05, 4.69) is 29.1 Å². The fraction of sp³-hybridized carbons (Fsp3) is 0.476. The van der Waals surface area contributed by atoms with Crippen molar-refractivity contribution >= 4 is 17.7 Å². The summed E-state index contributed by atoms with van der Waals surface area (Å²) in [6.45, 7) is 10.3.